The highest BCUT2D eigenvalue weighted by Crippen LogP contribution is 2.50. The van der Waals surface area contributed by atoms with Crippen LogP contribution in [0, 0.1) is 0 Å². The number of hydrogen-bond donors (Lipinski definition) is 0. The van der Waals surface area contributed by atoms with E-state index in [1.165, 1.54) is 27.5 Å². The molecule has 1 aromatic heterocycles. The fraction of sp³-hybridized carbons (Fsp3) is 0. The van der Waals surface area contributed by atoms with E-state index in [0.29, 0.717) is 0 Å². The number of benzene rings is 9. The van der Waals surface area contributed by atoms with Crippen molar-refractivity contribution in [2.24, 2.45) is 0 Å². The Hall–Kier alpha value is -7.16. The van der Waals surface area contributed by atoms with E-state index in [9.17, 15) is 0 Å². The average Bonchev–Trinajstić information content (AvgIpc) is 3.65. The second kappa shape index (κ2) is 13.4. The molecule has 0 saturated heterocycles. The van der Waals surface area contributed by atoms with Gasteiger partial charge in [-0.3, -0.25) is 0 Å². The molecule has 0 atom stereocenters. The summed E-state index contributed by atoms with van der Waals surface area (Å²) in [6, 6.07) is 75.8. The van der Waals surface area contributed by atoms with Crippen LogP contribution in [0.2, 0.25) is 0 Å². The molecule has 10 aromatic rings. The number of hydrogen-bond acceptors (Lipinski definition) is 2. The van der Waals surface area contributed by atoms with Gasteiger partial charge >= 0.3 is 0 Å². The van der Waals surface area contributed by atoms with Gasteiger partial charge in [0.15, 0.2) is 0 Å². The van der Waals surface area contributed by atoms with E-state index >= 15 is 0 Å². The number of fused-ring (bicyclic) bond motifs is 4. The van der Waals surface area contributed by atoms with Gasteiger partial charge in [0.25, 0.3) is 0 Å². The lowest BCUT2D eigenvalue weighted by atomic mass is 9.94. The highest BCUT2D eigenvalue weighted by molar-refractivity contribution is 6.18. The molecule has 0 spiro atoms. The molecule has 0 N–H and O–H groups in total. The summed E-state index contributed by atoms with van der Waals surface area (Å²) in [5.41, 5.74) is 14.2. The Morgan fingerprint density at radius 3 is 1.59 bits per heavy atom. The van der Waals surface area contributed by atoms with E-state index in [-0.39, 0.29) is 0 Å². The summed E-state index contributed by atoms with van der Waals surface area (Å²) in [6.45, 7) is 0. The minimum absolute atomic E-state index is 0.865. The SMILES string of the molecule is c1ccc(-c2ccc(-c3ccccc3N(c3ccccc3-c3cccc4ccccc34)c3ccc(-c4ccccc4)c4oc5ccccc5c34)cc2)cc1. The van der Waals surface area contributed by atoms with Gasteiger partial charge in [-0.15, -0.1) is 0 Å². The van der Waals surface area contributed by atoms with E-state index in [0.717, 1.165) is 66.8 Å². The molecule has 2 heteroatoms. The summed E-state index contributed by atoms with van der Waals surface area (Å²) in [5.74, 6) is 0. The van der Waals surface area contributed by atoms with Gasteiger partial charge < -0.3 is 9.32 Å². The van der Waals surface area contributed by atoms with Crippen LogP contribution in [0.15, 0.2) is 217 Å². The van der Waals surface area contributed by atoms with Crippen molar-refractivity contribution in [2.45, 2.75) is 0 Å². The molecule has 2 nitrogen and oxygen atoms in total. The molecule has 0 unspecified atom stereocenters. The summed E-state index contributed by atoms with van der Waals surface area (Å²) >= 11 is 0. The molecule has 254 valence electrons. The first-order chi connectivity index (χ1) is 26.8. The summed E-state index contributed by atoms with van der Waals surface area (Å²) in [5, 5.41) is 4.59. The maximum Gasteiger partial charge on any atom is 0.145 e. The largest absolute Gasteiger partial charge is 0.455 e. The molecule has 0 aliphatic heterocycles. The normalized spacial score (nSPS) is 11.3. The smallest absolute Gasteiger partial charge is 0.145 e. The third-order valence-electron chi connectivity index (χ3n) is 10.5. The molecule has 10 rings (SSSR count). The maximum absolute atomic E-state index is 6.82. The van der Waals surface area contributed by atoms with Crippen LogP contribution in [-0.4, -0.2) is 0 Å². The third kappa shape index (κ3) is 5.44. The number of furan rings is 1. The van der Waals surface area contributed by atoms with Crippen molar-refractivity contribution in [2.75, 3.05) is 4.90 Å². The zero-order valence-corrected chi connectivity index (χ0v) is 29.6. The first kappa shape index (κ1) is 31.6. The van der Waals surface area contributed by atoms with Gasteiger partial charge in [0.2, 0.25) is 0 Å². The van der Waals surface area contributed by atoms with Crippen LogP contribution < -0.4 is 4.90 Å². The Labute approximate surface area is 314 Å². The minimum atomic E-state index is 0.865. The van der Waals surface area contributed by atoms with Crippen LogP contribution in [0.4, 0.5) is 17.1 Å². The highest BCUT2D eigenvalue weighted by Gasteiger charge is 2.26. The van der Waals surface area contributed by atoms with Crippen molar-refractivity contribution < 1.29 is 4.42 Å². The Morgan fingerprint density at radius 1 is 0.296 bits per heavy atom. The van der Waals surface area contributed by atoms with Crippen LogP contribution >= 0.6 is 0 Å². The summed E-state index contributed by atoms with van der Waals surface area (Å²) in [6.07, 6.45) is 0. The topological polar surface area (TPSA) is 16.4 Å². The van der Waals surface area contributed by atoms with E-state index in [1.54, 1.807) is 0 Å². The van der Waals surface area contributed by atoms with Crippen molar-refractivity contribution >= 4 is 49.8 Å². The quantitative estimate of drug-likeness (QED) is 0.166. The number of anilines is 3. The number of rotatable bonds is 7. The van der Waals surface area contributed by atoms with Crippen molar-refractivity contribution in [1.29, 1.82) is 0 Å². The molecule has 9 aromatic carbocycles. The van der Waals surface area contributed by atoms with E-state index in [2.05, 4.69) is 217 Å². The van der Waals surface area contributed by atoms with Gasteiger partial charge in [-0.25, -0.2) is 0 Å². The minimum Gasteiger partial charge on any atom is -0.455 e. The second-order valence-electron chi connectivity index (χ2n) is 13.6. The van der Waals surface area contributed by atoms with E-state index in [1.807, 2.05) is 0 Å². The van der Waals surface area contributed by atoms with Gasteiger partial charge in [0, 0.05) is 22.1 Å². The van der Waals surface area contributed by atoms with Crippen molar-refractivity contribution in [1.82, 2.24) is 0 Å². The molecule has 0 bridgehead atoms. The van der Waals surface area contributed by atoms with Crippen molar-refractivity contribution in [3.05, 3.63) is 212 Å². The van der Waals surface area contributed by atoms with Crippen LogP contribution in [0.25, 0.3) is 77.2 Å². The molecule has 0 fully saturated rings. The Kier molecular flexibility index (Phi) is 7.85. The van der Waals surface area contributed by atoms with Gasteiger partial charge in [-0.05, 0) is 68.9 Å². The molecule has 0 aliphatic carbocycles. The van der Waals surface area contributed by atoms with Crippen LogP contribution in [0.3, 0.4) is 0 Å². The van der Waals surface area contributed by atoms with Gasteiger partial charge in [-0.1, -0.05) is 182 Å². The van der Waals surface area contributed by atoms with Crippen LogP contribution in [0.5, 0.6) is 0 Å². The van der Waals surface area contributed by atoms with Gasteiger partial charge in [-0.2, -0.15) is 0 Å². The molecular formula is C52H35NO. The molecule has 0 saturated carbocycles. The van der Waals surface area contributed by atoms with Crippen LogP contribution in [-0.2, 0) is 0 Å². The zero-order valence-electron chi connectivity index (χ0n) is 29.6. The molecule has 54 heavy (non-hydrogen) atoms. The predicted octanol–water partition coefficient (Wildman–Crippen LogP) is 14.9. The van der Waals surface area contributed by atoms with E-state index < -0.39 is 0 Å². The Morgan fingerprint density at radius 2 is 0.815 bits per heavy atom. The number of nitrogens with zero attached hydrogens (tertiary/aromatic N) is 1. The van der Waals surface area contributed by atoms with Crippen LogP contribution in [0.1, 0.15) is 0 Å². The number of para-hydroxylation sites is 3. The zero-order chi connectivity index (χ0) is 35.8. The standard InChI is InChI=1S/C52H35NO/c1-3-16-36(17-4-1)37-30-32-40(33-31-37)42-23-9-12-27-47(42)53(48-28-13-10-24-45(48)44-26-15-21-38-20-7-8-22-41(38)44)49-35-34-43(39-18-5-2-6-19-39)52-51(49)46-25-11-14-29-50(46)54-52/h1-35H. The molecular weight excluding hydrogens is 655 g/mol. The lowest BCUT2D eigenvalue weighted by Gasteiger charge is -2.31. The maximum atomic E-state index is 6.82. The first-order valence-electron chi connectivity index (χ1n) is 18.4. The highest BCUT2D eigenvalue weighted by atomic mass is 16.3. The molecule has 0 aliphatic rings. The fourth-order valence-corrected chi connectivity index (χ4v) is 7.97. The second-order valence-corrected chi connectivity index (χ2v) is 13.6. The fourth-order valence-electron chi connectivity index (χ4n) is 7.97. The van der Waals surface area contributed by atoms with Crippen molar-refractivity contribution in [3.63, 3.8) is 0 Å². The third-order valence-corrected chi connectivity index (χ3v) is 10.5. The monoisotopic (exact) mass is 689 g/mol. The average molecular weight is 690 g/mol. The lowest BCUT2D eigenvalue weighted by molar-refractivity contribution is 0.670. The summed E-state index contributed by atoms with van der Waals surface area (Å²) in [4.78, 5) is 2.45. The van der Waals surface area contributed by atoms with Gasteiger partial charge in [0.1, 0.15) is 11.2 Å². The summed E-state index contributed by atoms with van der Waals surface area (Å²) in [7, 11) is 0. The summed E-state index contributed by atoms with van der Waals surface area (Å²) < 4.78 is 6.82. The molecule has 1 heterocycles. The lowest BCUT2D eigenvalue weighted by Crippen LogP contribution is -2.13. The predicted molar refractivity (Wildman–Crippen MR) is 228 cm³/mol. The first-order valence-corrected chi connectivity index (χ1v) is 18.4. The Balaban J connectivity index is 1.27. The molecule has 0 amide bonds. The Bertz CT molecular complexity index is 2920. The van der Waals surface area contributed by atoms with Gasteiger partial charge in [0.05, 0.1) is 22.4 Å². The molecule has 0 radical (unpaired) electrons. The van der Waals surface area contributed by atoms with Crippen molar-refractivity contribution in [3.8, 4) is 44.5 Å². The van der Waals surface area contributed by atoms with E-state index in [4.69, 9.17) is 4.42 Å².